The molecule has 0 aliphatic heterocycles. The Morgan fingerprint density at radius 1 is 0.316 bits per heavy atom. The number of carbonyl (C=O) groups is 6. The number of hydrogen-bond acceptors (Lipinski definition) is 9. The van der Waals surface area contributed by atoms with Crippen molar-refractivity contribution in [2.24, 2.45) is 10.8 Å². The van der Waals surface area contributed by atoms with Crippen molar-refractivity contribution in [3.8, 4) is 0 Å². The number of carbonyl (C=O) groups excluding carboxylic acids is 6. The van der Waals surface area contributed by atoms with Crippen LogP contribution in [0.25, 0.3) is 0 Å². The molecule has 4 rings (SSSR count). The van der Waals surface area contributed by atoms with E-state index in [2.05, 4.69) is 45.7 Å². The average Bonchev–Trinajstić information content (AvgIpc) is 0.978. The summed E-state index contributed by atoms with van der Waals surface area (Å²) in [6.45, 7) is 13.2. The summed E-state index contributed by atoms with van der Waals surface area (Å²) in [6.07, 6.45) is 43.5. The van der Waals surface area contributed by atoms with Crippen molar-refractivity contribution in [3.63, 3.8) is 0 Å². The summed E-state index contributed by atoms with van der Waals surface area (Å²) in [5, 5.41) is 17.2. The molecule has 0 radical (unpaired) electrons. The number of hydrogen-bond donors (Lipinski definition) is 6. The predicted molar refractivity (Wildman–Crippen MR) is 393 cm³/mol. The highest BCUT2D eigenvalue weighted by Gasteiger charge is 2.37. The second kappa shape index (κ2) is 48.9. The van der Waals surface area contributed by atoms with Gasteiger partial charge in [-0.15, -0.1) is 0 Å². The Hall–Kier alpha value is -6.74. The fraction of sp³-hybridized carbons (Fsp3) is 0.625. The highest BCUT2D eigenvalue weighted by Crippen LogP contribution is 2.24. The molecular weight excluding hydrogens is 1190 g/mol. The van der Waals surface area contributed by atoms with Gasteiger partial charge in [0, 0.05) is 48.9 Å². The minimum Gasteiger partial charge on any atom is -0.449 e. The Kier molecular flexibility index (Phi) is 41.5. The van der Waals surface area contributed by atoms with Gasteiger partial charge in [-0.25, -0.2) is 9.59 Å². The largest absolute Gasteiger partial charge is 0.449 e. The van der Waals surface area contributed by atoms with E-state index in [0.29, 0.717) is 61.9 Å². The minimum absolute atomic E-state index is 0.281. The Labute approximate surface area is 573 Å². The van der Waals surface area contributed by atoms with Gasteiger partial charge in [0.1, 0.15) is 10.8 Å². The van der Waals surface area contributed by atoms with Crippen LogP contribution >= 0.6 is 0 Å². The molecule has 0 aromatic heterocycles. The molecule has 15 heteroatoms. The van der Waals surface area contributed by atoms with Gasteiger partial charge in [0.2, 0.25) is 23.6 Å². The summed E-state index contributed by atoms with van der Waals surface area (Å²) < 4.78 is 10.9. The Balaban J connectivity index is 1.00. The number of amides is 6. The summed E-state index contributed by atoms with van der Waals surface area (Å²) in [5.41, 5.74) is 3.96. The van der Waals surface area contributed by atoms with Gasteiger partial charge in [0.05, 0.1) is 13.2 Å². The van der Waals surface area contributed by atoms with E-state index in [4.69, 9.17) is 9.47 Å². The quantitative estimate of drug-likeness (QED) is 0.0184. The molecular formula is C80H125N7O8. The summed E-state index contributed by atoms with van der Waals surface area (Å²) in [4.78, 5) is 80.1. The maximum absolute atomic E-state index is 13.4. The summed E-state index contributed by atoms with van der Waals surface area (Å²) in [7, 11) is 1.86. The summed E-state index contributed by atoms with van der Waals surface area (Å²) in [6, 6.07) is 30.4. The molecule has 0 atom stereocenters. The lowest BCUT2D eigenvalue weighted by molar-refractivity contribution is -0.139. The highest BCUT2D eigenvalue weighted by atomic mass is 16.6. The number of nitrogens with one attached hydrogen (secondary N) is 6. The van der Waals surface area contributed by atoms with E-state index in [-0.39, 0.29) is 13.1 Å². The van der Waals surface area contributed by atoms with Gasteiger partial charge in [-0.2, -0.15) is 0 Å². The van der Waals surface area contributed by atoms with Gasteiger partial charge in [0.25, 0.3) is 0 Å². The molecule has 4 aromatic carbocycles. The van der Waals surface area contributed by atoms with E-state index in [9.17, 15) is 28.8 Å². The number of rotatable bonds is 53. The van der Waals surface area contributed by atoms with Crippen LogP contribution in [-0.4, -0.2) is 87.2 Å². The molecule has 6 amide bonds. The monoisotopic (exact) mass is 1310 g/mol. The molecule has 0 heterocycles. The van der Waals surface area contributed by atoms with Crippen LogP contribution in [0.2, 0.25) is 0 Å². The molecule has 4 aromatic rings. The fourth-order valence-electron chi connectivity index (χ4n) is 11.5. The first kappa shape index (κ1) is 80.7. The molecule has 528 valence electrons. The topological polar surface area (TPSA) is 196 Å². The Morgan fingerprint density at radius 3 is 0.779 bits per heavy atom. The van der Waals surface area contributed by atoms with Crippen molar-refractivity contribution in [1.82, 2.24) is 15.5 Å². The average molecular weight is 1310 g/mol. The van der Waals surface area contributed by atoms with Crippen LogP contribution in [0.1, 0.15) is 276 Å². The van der Waals surface area contributed by atoms with E-state index >= 15 is 0 Å². The lowest BCUT2D eigenvalue weighted by Crippen LogP contribution is -2.48. The zero-order valence-electron chi connectivity index (χ0n) is 59.9. The van der Waals surface area contributed by atoms with Gasteiger partial charge in [-0.05, 0) is 131 Å². The third-order valence-electron chi connectivity index (χ3n) is 18.2. The number of likely N-dealkylation sites (N-methyl/N-ethyl adjacent to an activating group) is 1. The van der Waals surface area contributed by atoms with Crippen molar-refractivity contribution in [1.29, 1.82) is 0 Å². The number of nitrogens with zero attached hydrogens (tertiary/aromatic N) is 1. The van der Waals surface area contributed by atoms with Gasteiger partial charge in [-0.1, -0.05) is 261 Å². The molecule has 0 fully saturated rings. The highest BCUT2D eigenvalue weighted by molar-refractivity contribution is 6.10. The van der Waals surface area contributed by atoms with Crippen LogP contribution in [0.5, 0.6) is 0 Å². The van der Waals surface area contributed by atoms with Crippen LogP contribution in [0.4, 0.5) is 32.3 Å². The van der Waals surface area contributed by atoms with Crippen LogP contribution in [0.3, 0.4) is 0 Å². The van der Waals surface area contributed by atoms with E-state index in [0.717, 1.165) is 47.9 Å². The molecule has 0 saturated carbocycles. The van der Waals surface area contributed by atoms with E-state index in [1.807, 2.05) is 109 Å². The molecule has 95 heavy (non-hydrogen) atoms. The summed E-state index contributed by atoms with van der Waals surface area (Å²) in [5.74, 6) is -1.70. The van der Waals surface area contributed by atoms with Gasteiger partial charge in [0.15, 0.2) is 0 Å². The standard InChI is InChI=1S/C80H125N7O8/c1-8-10-12-14-16-18-20-22-24-26-28-30-32-34-36-38-40-62-95-78(93)86-72-55-47-68(48-56-72)64-66-43-51-70(52-44-66)84-76(91)80(5,6)74(89)82-58-60-87(7)59-57-81-73(88)79(3,4)75(90)83-69-49-41-65(42-50-69)63-67-45-53-71(54-46-67)85-77(92)94-61-39-37-35-33-31-29-27-25-23-21-19-17-15-13-11-9-2/h41-56H,8-40,57-64H2,1-7H3,(H,81,88)(H,82,89)(H,83,90)(H,84,91)(H,85,92)(H,86,93). The van der Waals surface area contributed by atoms with Crippen LogP contribution < -0.4 is 31.9 Å². The predicted octanol–water partition coefficient (Wildman–Crippen LogP) is 19.7. The normalized spacial score (nSPS) is 11.5. The zero-order chi connectivity index (χ0) is 68.6. The van der Waals surface area contributed by atoms with Crippen molar-refractivity contribution < 1.29 is 38.2 Å². The number of benzene rings is 4. The maximum Gasteiger partial charge on any atom is 0.411 e. The SMILES string of the molecule is CCCCCCCCCCCCCCCCCCCOC(=O)Nc1ccc(Cc2ccc(NC(=O)C(C)(C)C(=O)NCCN(C)CCNC(=O)C(C)(C)C(=O)Nc3ccc(Cc4ccc(NC(=O)OCCCCCCCCCCCCCCCCCC)cc4)cc3)cc2)cc1. The Bertz CT molecular complexity index is 2730. The lowest BCUT2D eigenvalue weighted by Gasteiger charge is -2.25. The maximum atomic E-state index is 13.4. The molecule has 0 aliphatic carbocycles. The minimum atomic E-state index is -1.36. The number of unbranched alkanes of at least 4 members (excludes halogenated alkanes) is 31. The van der Waals surface area contributed by atoms with Crippen LogP contribution in [0, 0.1) is 10.8 Å². The van der Waals surface area contributed by atoms with E-state index in [1.165, 1.54) is 186 Å². The summed E-state index contributed by atoms with van der Waals surface area (Å²) >= 11 is 0. The van der Waals surface area contributed by atoms with E-state index < -0.39 is 46.6 Å². The third-order valence-corrected chi connectivity index (χ3v) is 18.2. The van der Waals surface area contributed by atoms with Crippen molar-refractivity contribution in [2.45, 2.75) is 266 Å². The Morgan fingerprint density at radius 2 is 0.537 bits per heavy atom. The molecule has 0 spiro atoms. The van der Waals surface area contributed by atoms with E-state index in [1.54, 1.807) is 27.7 Å². The number of anilines is 4. The fourth-order valence-corrected chi connectivity index (χ4v) is 11.5. The third kappa shape index (κ3) is 36.3. The van der Waals surface area contributed by atoms with Crippen molar-refractivity contribution >= 4 is 58.6 Å². The van der Waals surface area contributed by atoms with Crippen LogP contribution in [-0.2, 0) is 41.5 Å². The van der Waals surface area contributed by atoms with Crippen molar-refractivity contribution in [2.75, 3.05) is 67.7 Å². The smallest absolute Gasteiger partial charge is 0.411 e. The van der Waals surface area contributed by atoms with Gasteiger partial charge in [-0.3, -0.25) is 29.8 Å². The molecule has 6 N–H and O–H groups in total. The molecule has 15 nitrogen and oxygen atoms in total. The first-order valence-corrected chi connectivity index (χ1v) is 37.1. The molecule has 0 aliphatic rings. The van der Waals surface area contributed by atoms with Crippen molar-refractivity contribution in [3.05, 3.63) is 119 Å². The second-order valence-electron chi connectivity index (χ2n) is 27.6. The lowest BCUT2D eigenvalue weighted by atomic mass is 9.91. The first-order valence-electron chi connectivity index (χ1n) is 37.1. The zero-order valence-corrected chi connectivity index (χ0v) is 59.9. The van der Waals surface area contributed by atoms with Gasteiger partial charge < -0.3 is 35.6 Å². The first-order chi connectivity index (χ1) is 46.0. The van der Waals surface area contributed by atoms with Crippen LogP contribution in [0.15, 0.2) is 97.1 Å². The van der Waals surface area contributed by atoms with Gasteiger partial charge >= 0.3 is 12.2 Å². The second-order valence-corrected chi connectivity index (χ2v) is 27.6. The molecule has 0 unspecified atom stereocenters. The molecule has 0 saturated heterocycles. The number of ether oxygens (including phenoxy) is 2. The molecule has 0 bridgehead atoms.